The predicted molar refractivity (Wildman–Crippen MR) is 43.2 cm³/mol. The summed E-state index contributed by atoms with van der Waals surface area (Å²) < 4.78 is 6.65. The minimum absolute atomic E-state index is 0.326. The molecule has 5 heteroatoms. The van der Waals surface area contributed by atoms with Gasteiger partial charge in [0.05, 0.1) is 12.5 Å². The summed E-state index contributed by atoms with van der Waals surface area (Å²) in [6, 6.07) is 3.63. The molecular formula is C8H7N3O2. The first-order valence-corrected chi connectivity index (χ1v) is 3.76. The maximum Gasteiger partial charge on any atom is 0.171 e. The summed E-state index contributed by atoms with van der Waals surface area (Å²) >= 11 is 0. The van der Waals surface area contributed by atoms with E-state index in [1.165, 1.54) is 0 Å². The number of rotatable bonds is 3. The Morgan fingerprint density at radius 1 is 1.62 bits per heavy atom. The molecule has 0 spiro atoms. The zero-order valence-corrected chi connectivity index (χ0v) is 6.75. The predicted octanol–water partition coefficient (Wildman–Crippen LogP) is 0.732. The normalized spacial score (nSPS) is 10.2. The fourth-order valence-corrected chi connectivity index (χ4v) is 1.01. The molecule has 0 saturated carbocycles. The number of hydrogen-bond acceptors (Lipinski definition) is 4. The maximum atomic E-state index is 10.3. The van der Waals surface area contributed by atoms with E-state index in [4.69, 9.17) is 4.42 Å². The lowest BCUT2D eigenvalue weighted by Gasteiger charge is -1.93. The van der Waals surface area contributed by atoms with Gasteiger partial charge in [0.2, 0.25) is 0 Å². The van der Waals surface area contributed by atoms with Crippen molar-refractivity contribution in [1.82, 2.24) is 15.0 Å². The topological polar surface area (TPSA) is 60.9 Å². The molecule has 0 radical (unpaired) electrons. The molecule has 0 aliphatic heterocycles. The fraction of sp³-hybridized carbons (Fsp3) is 0.125. The Labute approximate surface area is 74.0 Å². The van der Waals surface area contributed by atoms with Crippen LogP contribution in [-0.2, 0) is 6.54 Å². The van der Waals surface area contributed by atoms with Crippen LogP contribution >= 0.6 is 0 Å². The zero-order chi connectivity index (χ0) is 9.10. The number of carbonyl (C=O) groups excluding carboxylic acids is 1. The van der Waals surface area contributed by atoms with Crippen LogP contribution in [0.3, 0.4) is 0 Å². The molecule has 0 saturated heterocycles. The van der Waals surface area contributed by atoms with Crippen molar-refractivity contribution in [3.05, 3.63) is 36.0 Å². The molecule has 5 nitrogen and oxygen atoms in total. The van der Waals surface area contributed by atoms with Crippen LogP contribution in [0.2, 0.25) is 0 Å². The largest absolute Gasteiger partial charge is 0.467 e. The highest BCUT2D eigenvalue weighted by Crippen LogP contribution is 2.02. The number of furan rings is 1. The van der Waals surface area contributed by atoms with Crippen molar-refractivity contribution in [2.24, 2.45) is 0 Å². The molecule has 0 bridgehead atoms. The minimum atomic E-state index is 0.326. The lowest BCUT2D eigenvalue weighted by atomic mass is 10.4. The summed E-state index contributed by atoms with van der Waals surface area (Å²) in [5, 5.41) is 7.36. The summed E-state index contributed by atoms with van der Waals surface area (Å²) in [6.45, 7) is 0.494. The quantitative estimate of drug-likeness (QED) is 0.648. The molecule has 0 N–H and O–H groups in total. The molecule has 2 rings (SSSR count). The van der Waals surface area contributed by atoms with Crippen LogP contribution in [0.25, 0.3) is 0 Å². The summed E-state index contributed by atoms with van der Waals surface area (Å²) in [7, 11) is 0. The third-order valence-corrected chi connectivity index (χ3v) is 1.58. The monoisotopic (exact) mass is 177 g/mol. The van der Waals surface area contributed by atoms with Crippen molar-refractivity contribution in [1.29, 1.82) is 0 Å². The van der Waals surface area contributed by atoms with Gasteiger partial charge in [0, 0.05) is 0 Å². The van der Waals surface area contributed by atoms with Crippen LogP contribution in [0.15, 0.2) is 29.0 Å². The van der Waals surface area contributed by atoms with Crippen LogP contribution < -0.4 is 0 Å². The van der Waals surface area contributed by atoms with Gasteiger partial charge < -0.3 is 4.42 Å². The fourth-order valence-electron chi connectivity index (χ4n) is 1.01. The summed E-state index contributed by atoms with van der Waals surface area (Å²) in [4.78, 5) is 10.3. The Balaban J connectivity index is 2.14. The summed E-state index contributed by atoms with van der Waals surface area (Å²) in [5.74, 6) is 0.780. The first kappa shape index (κ1) is 7.72. The molecule has 0 aliphatic carbocycles. The van der Waals surface area contributed by atoms with Crippen molar-refractivity contribution in [2.45, 2.75) is 6.54 Å². The molecule has 0 amide bonds. The molecule has 0 aromatic carbocycles. The van der Waals surface area contributed by atoms with Gasteiger partial charge in [-0.15, -0.1) is 5.10 Å². The summed E-state index contributed by atoms with van der Waals surface area (Å²) in [6.07, 6.45) is 3.81. The van der Waals surface area contributed by atoms with Gasteiger partial charge in [-0.1, -0.05) is 5.21 Å². The Hall–Kier alpha value is -1.91. The van der Waals surface area contributed by atoms with E-state index in [-0.39, 0.29) is 0 Å². The van der Waals surface area contributed by atoms with Crippen molar-refractivity contribution < 1.29 is 9.21 Å². The van der Waals surface area contributed by atoms with Gasteiger partial charge in [-0.05, 0) is 12.1 Å². The van der Waals surface area contributed by atoms with Gasteiger partial charge in [0.15, 0.2) is 6.29 Å². The van der Waals surface area contributed by atoms with Crippen LogP contribution in [0.1, 0.15) is 16.2 Å². The Bertz CT molecular complexity index is 391. The molecular weight excluding hydrogens is 170 g/mol. The lowest BCUT2D eigenvalue weighted by molar-refractivity contribution is 0.111. The van der Waals surface area contributed by atoms with Gasteiger partial charge in [-0.2, -0.15) is 0 Å². The molecule has 2 heterocycles. The number of aldehydes is 1. The van der Waals surface area contributed by atoms with E-state index in [9.17, 15) is 4.79 Å². The second-order valence-electron chi connectivity index (χ2n) is 2.54. The number of carbonyl (C=O) groups is 1. The summed E-state index contributed by atoms with van der Waals surface area (Å²) in [5.41, 5.74) is 0.326. The van der Waals surface area contributed by atoms with Gasteiger partial charge in [0.1, 0.15) is 18.0 Å². The van der Waals surface area contributed by atoms with E-state index in [0.717, 1.165) is 5.76 Å². The van der Waals surface area contributed by atoms with Crippen molar-refractivity contribution in [3.63, 3.8) is 0 Å². The first-order valence-electron chi connectivity index (χ1n) is 3.76. The van der Waals surface area contributed by atoms with E-state index in [1.54, 1.807) is 23.2 Å². The Morgan fingerprint density at radius 2 is 2.54 bits per heavy atom. The van der Waals surface area contributed by atoms with E-state index in [0.29, 0.717) is 18.5 Å². The second kappa shape index (κ2) is 3.22. The van der Waals surface area contributed by atoms with Gasteiger partial charge in [0.25, 0.3) is 0 Å². The molecule has 0 aliphatic rings. The van der Waals surface area contributed by atoms with Gasteiger partial charge in [-0.3, -0.25) is 4.79 Å². The number of nitrogens with zero attached hydrogens (tertiary/aromatic N) is 3. The molecule has 2 aromatic rings. The molecule has 0 fully saturated rings. The van der Waals surface area contributed by atoms with E-state index >= 15 is 0 Å². The molecule has 0 atom stereocenters. The Morgan fingerprint density at radius 3 is 3.15 bits per heavy atom. The number of hydrogen-bond donors (Lipinski definition) is 0. The average Bonchev–Trinajstić information content (AvgIpc) is 2.76. The molecule has 66 valence electrons. The van der Waals surface area contributed by atoms with Crippen molar-refractivity contribution >= 4 is 6.29 Å². The van der Waals surface area contributed by atoms with Crippen LogP contribution in [0.4, 0.5) is 0 Å². The highest BCUT2D eigenvalue weighted by Gasteiger charge is 2.00. The van der Waals surface area contributed by atoms with Crippen LogP contribution in [0.5, 0.6) is 0 Å². The van der Waals surface area contributed by atoms with Gasteiger partial charge >= 0.3 is 0 Å². The number of aromatic nitrogens is 3. The highest BCUT2D eigenvalue weighted by atomic mass is 16.3. The third kappa shape index (κ3) is 1.64. The van der Waals surface area contributed by atoms with Crippen LogP contribution in [-0.4, -0.2) is 21.3 Å². The lowest BCUT2D eigenvalue weighted by Crippen LogP contribution is -1.98. The van der Waals surface area contributed by atoms with Crippen molar-refractivity contribution in [2.75, 3.05) is 0 Å². The van der Waals surface area contributed by atoms with E-state index in [2.05, 4.69) is 10.3 Å². The Kier molecular flexibility index (Phi) is 1.91. The van der Waals surface area contributed by atoms with E-state index < -0.39 is 0 Å². The molecule has 0 unspecified atom stereocenters. The zero-order valence-electron chi connectivity index (χ0n) is 6.75. The second-order valence-corrected chi connectivity index (χ2v) is 2.54. The smallest absolute Gasteiger partial charge is 0.171 e. The average molecular weight is 177 g/mol. The van der Waals surface area contributed by atoms with Gasteiger partial charge in [-0.25, -0.2) is 4.68 Å². The SMILES string of the molecule is O=Cc1cn(Cc2ccco2)nn1. The van der Waals surface area contributed by atoms with Crippen molar-refractivity contribution in [3.8, 4) is 0 Å². The standard InChI is InChI=1S/C8H7N3O2/c12-6-7-4-11(10-9-7)5-8-2-1-3-13-8/h1-4,6H,5H2. The molecule has 13 heavy (non-hydrogen) atoms. The van der Waals surface area contributed by atoms with E-state index in [1.807, 2.05) is 6.07 Å². The maximum absolute atomic E-state index is 10.3. The third-order valence-electron chi connectivity index (χ3n) is 1.58. The first-order chi connectivity index (χ1) is 6.38. The van der Waals surface area contributed by atoms with Crippen LogP contribution in [0, 0.1) is 0 Å². The molecule has 2 aromatic heterocycles. The highest BCUT2D eigenvalue weighted by molar-refractivity contribution is 5.70. The minimum Gasteiger partial charge on any atom is -0.467 e.